The number of β-amino-alcohol motifs (C(OH)–C–C–N with tert-alkyl or cyclic N) is 1. The van der Waals surface area contributed by atoms with Crippen LogP contribution in [0.1, 0.15) is 38.7 Å². The fraction of sp³-hybridized carbons (Fsp3) is 0.321. The first kappa shape index (κ1) is 24.6. The summed E-state index contributed by atoms with van der Waals surface area (Å²) in [6.07, 6.45) is 3.58. The van der Waals surface area contributed by atoms with Crippen LogP contribution in [0.2, 0.25) is 0 Å². The summed E-state index contributed by atoms with van der Waals surface area (Å²) in [5.74, 6) is 7.80. The normalized spacial score (nSPS) is 14.0. The van der Waals surface area contributed by atoms with E-state index in [2.05, 4.69) is 41.7 Å². The topological polar surface area (TPSA) is 99.8 Å². The Morgan fingerprint density at radius 1 is 1.05 bits per heavy atom. The SMILES string of the molecule is Cc1nc(CC(=O)c2ccc(C)c(C#Cc3cnc4cccnn34)c2)cc(N2CCN(CCO)CC2)n1. The Morgan fingerprint density at radius 3 is 2.70 bits per heavy atom. The van der Waals surface area contributed by atoms with Crippen LogP contribution in [0.15, 0.2) is 48.8 Å². The molecule has 9 heteroatoms. The van der Waals surface area contributed by atoms with E-state index < -0.39 is 0 Å². The highest BCUT2D eigenvalue weighted by molar-refractivity contribution is 5.97. The van der Waals surface area contributed by atoms with E-state index in [0.717, 1.165) is 48.8 Å². The Labute approximate surface area is 215 Å². The maximum absolute atomic E-state index is 13.2. The molecule has 1 fully saturated rings. The molecule has 0 bridgehead atoms. The number of piperazine rings is 1. The van der Waals surface area contributed by atoms with Crippen molar-refractivity contribution in [2.45, 2.75) is 20.3 Å². The Morgan fingerprint density at radius 2 is 1.89 bits per heavy atom. The molecule has 0 aliphatic carbocycles. The number of hydrogen-bond donors (Lipinski definition) is 1. The summed E-state index contributed by atoms with van der Waals surface area (Å²) in [4.78, 5) is 31.1. The van der Waals surface area contributed by atoms with Gasteiger partial charge in [0.25, 0.3) is 0 Å². The highest BCUT2D eigenvalue weighted by Crippen LogP contribution is 2.18. The number of anilines is 1. The number of aryl methyl sites for hydroxylation is 2. The van der Waals surface area contributed by atoms with Crippen molar-refractivity contribution in [1.29, 1.82) is 0 Å². The number of carbonyl (C=O) groups is 1. The number of aliphatic hydroxyl groups is 1. The van der Waals surface area contributed by atoms with Gasteiger partial charge < -0.3 is 10.0 Å². The molecule has 0 atom stereocenters. The molecule has 9 nitrogen and oxygen atoms in total. The van der Waals surface area contributed by atoms with Crippen LogP contribution in [0.3, 0.4) is 0 Å². The summed E-state index contributed by atoms with van der Waals surface area (Å²) in [5, 5.41) is 13.5. The average molecular weight is 496 g/mol. The van der Waals surface area contributed by atoms with Gasteiger partial charge in [0.1, 0.15) is 17.3 Å². The van der Waals surface area contributed by atoms with E-state index in [-0.39, 0.29) is 18.8 Å². The zero-order chi connectivity index (χ0) is 25.8. The van der Waals surface area contributed by atoms with Gasteiger partial charge >= 0.3 is 0 Å². The van der Waals surface area contributed by atoms with Crippen molar-refractivity contribution in [3.05, 3.63) is 82.7 Å². The van der Waals surface area contributed by atoms with Crippen molar-refractivity contribution in [3.63, 3.8) is 0 Å². The Hall–Kier alpha value is -4.13. The van der Waals surface area contributed by atoms with E-state index in [0.29, 0.717) is 29.3 Å². The molecule has 1 aromatic carbocycles. The van der Waals surface area contributed by atoms with Crippen LogP contribution in [0.25, 0.3) is 5.65 Å². The van der Waals surface area contributed by atoms with Crippen LogP contribution in [-0.4, -0.2) is 79.7 Å². The molecule has 0 saturated carbocycles. The van der Waals surface area contributed by atoms with Gasteiger partial charge in [-0.25, -0.2) is 19.5 Å². The first-order valence-corrected chi connectivity index (χ1v) is 12.4. The first-order valence-electron chi connectivity index (χ1n) is 12.4. The Kier molecular flexibility index (Phi) is 7.21. The third-order valence-electron chi connectivity index (χ3n) is 6.49. The summed E-state index contributed by atoms with van der Waals surface area (Å²) >= 11 is 0. The molecule has 1 saturated heterocycles. The van der Waals surface area contributed by atoms with Gasteiger partial charge in [-0.2, -0.15) is 5.10 Å². The predicted molar refractivity (Wildman–Crippen MR) is 141 cm³/mol. The van der Waals surface area contributed by atoms with E-state index in [1.54, 1.807) is 16.9 Å². The zero-order valence-electron chi connectivity index (χ0n) is 21.1. The Balaban J connectivity index is 1.32. The largest absolute Gasteiger partial charge is 0.395 e. The van der Waals surface area contributed by atoms with Gasteiger partial charge in [-0.15, -0.1) is 0 Å². The lowest BCUT2D eigenvalue weighted by Crippen LogP contribution is -2.47. The van der Waals surface area contributed by atoms with Gasteiger partial charge in [0, 0.05) is 56.1 Å². The van der Waals surface area contributed by atoms with Crippen molar-refractivity contribution in [2.24, 2.45) is 0 Å². The molecule has 1 aliphatic heterocycles. The number of hydrogen-bond acceptors (Lipinski definition) is 8. The minimum Gasteiger partial charge on any atom is -0.395 e. The lowest BCUT2D eigenvalue weighted by atomic mass is 10.0. The fourth-order valence-electron chi connectivity index (χ4n) is 4.45. The fourth-order valence-corrected chi connectivity index (χ4v) is 4.45. The molecule has 3 aromatic heterocycles. The number of ketones is 1. The van der Waals surface area contributed by atoms with E-state index >= 15 is 0 Å². The number of nitrogens with zero attached hydrogens (tertiary/aromatic N) is 7. The summed E-state index contributed by atoms with van der Waals surface area (Å²) in [6, 6.07) is 11.2. The Bertz CT molecular complexity index is 1490. The number of imidazole rings is 1. The van der Waals surface area contributed by atoms with Gasteiger partial charge in [0.15, 0.2) is 11.4 Å². The second kappa shape index (κ2) is 10.9. The number of Topliss-reactive ketones (excluding diaryl/α,β-unsaturated/α-hetero) is 1. The maximum atomic E-state index is 13.2. The monoisotopic (exact) mass is 495 g/mol. The molecule has 4 aromatic rings. The highest BCUT2D eigenvalue weighted by atomic mass is 16.3. The number of carbonyl (C=O) groups excluding carboxylic acids is 1. The van der Waals surface area contributed by atoms with Gasteiger partial charge in [0.2, 0.25) is 0 Å². The quantitative estimate of drug-likeness (QED) is 0.321. The van der Waals surface area contributed by atoms with Crippen LogP contribution in [0.5, 0.6) is 0 Å². The van der Waals surface area contributed by atoms with Gasteiger partial charge in [0.05, 0.1) is 24.9 Å². The summed E-state index contributed by atoms with van der Waals surface area (Å²) in [7, 11) is 0. The van der Waals surface area contributed by atoms with Crippen LogP contribution >= 0.6 is 0 Å². The number of aromatic nitrogens is 5. The standard InChI is InChI=1S/C28H29N7O2/c1-20-5-6-23(16-22(20)7-8-25-19-29-27-4-3-9-30-35(25)27)26(37)17-24-18-28(32-21(2)31-24)34-12-10-33(11-13-34)14-15-36/h3-6,9,16,18-19,36H,10-15,17H2,1-2H3. The van der Waals surface area contributed by atoms with E-state index in [9.17, 15) is 9.90 Å². The number of fused-ring (bicyclic) bond motifs is 1. The third-order valence-corrected chi connectivity index (χ3v) is 6.49. The van der Waals surface area contributed by atoms with E-state index in [4.69, 9.17) is 0 Å². The summed E-state index contributed by atoms with van der Waals surface area (Å²) < 4.78 is 1.69. The van der Waals surface area contributed by atoms with Crippen molar-refractivity contribution in [2.75, 3.05) is 44.2 Å². The minimum absolute atomic E-state index is 0.0173. The van der Waals surface area contributed by atoms with Crippen molar-refractivity contribution < 1.29 is 9.90 Å². The molecular formula is C28H29N7O2. The molecule has 1 N–H and O–H groups in total. The highest BCUT2D eigenvalue weighted by Gasteiger charge is 2.19. The number of benzene rings is 1. The van der Waals surface area contributed by atoms with Crippen LogP contribution in [0.4, 0.5) is 5.82 Å². The molecular weight excluding hydrogens is 466 g/mol. The maximum Gasteiger partial charge on any atom is 0.168 e. The van der Waals surface area contributed by atoms with Gasteiger partial charge in [-0.1, -0.05) is 18.1 Å². The van der Waals surface area contributed by atoms with Crippen LogP contribution < -0.4 is 4.90 Å². The number of aliphatic hydroxyl groups excluding tert-OH is 1. The second-order valence-electron chi connectivity index (χ2n) is 9.13. The molecule has 0 spiro atoms. The average Bonchev–Trinajstić information content (AvgIpc) is 3.31. The van der Waals surface area contributed by atoms with E-state index in [1.807, 2.05) is 50.2 Å². The van der Waals surface area contributed by atoms with Crippen molar-refractivity contribution in [1.82, 2.24) is 29.5 Å². The summed E-state index contributed by atoms with van der Waals surface area (Å²) in [5.41, 5.74) is 4.51. The molecule has 5 rings (SSSR count). The molecule has 0 radical (unpaired) electrons. The predicted octanol–water partition coefficient (Wildman–Crippen LogP) is 2.08. The number of rotatable bonds is 6. The van der Waals surface area contributed by atoms with E-state index in [1.165, 1.54) is 0 Å². The molecule has 4 heterocycles. The third kappa shape index (κ3) is 5.66. The van der Waals surface area contributed by atoms with Crippen LogP contribution in [-0.2, 0) is 6.42 Å². The van der Waals surface area contributed by atoms with Gasteiger partial charge in [-0.05, 0) is 43.5 Å². The molecule has 0 unspecified atom stereocenters. The molecule has 0 amide bonds. The zero-order valence-corrected chi connectivity index (χ0v) is 21.1. The molecule has 188 valence electrons. The van der Waals surface area contributed by atoms with Crippen LogP contribution in [0, 0.1) is 25.7 Å². The lowest BCUT2D eigenvalue weighted by Gasteiger charge is -2.35. The second-order valence-corrected chi connectivity index (χ2v) is 9.13. The van der Waals surface area contributed by atoms with Gasteiger partial charge in [-0.3, -0.25) is 9.69 Å². The molecule has 37 heavy (non-hydrogen) atoms. The van der Waals surface area contributed by atoms with Crippen molar-refractivity contribution >= 4 is 17.2 Å². The first-order chi connectivity index (χ1) is 18.0. The lowest BCUT2D eigenvalue weighted by molar-refractivity contribution is 0.0992. The molecule has 1 aliphatic rings. The van der Waals surface area contributed by atoms with Crippen molar-refractivity contribution in [3.8, 4) is 11.8 Å². The minimum atomic E-state index is -0.0173. The summed E-state index contributed by atoms with van der Waals surface area (Å²) in [6.45, 7) is 8.09. The smallest absolute Gasteiger partial charge is 0.168 e.